The van der Waals surface area contributed by atoms with Crippen LogP contribution < -0.4 is 10.6 Å². The molecule has 258 valence electrons. The van der Waals surface area contributed by atoms with Gasteiger partial charge in [0.25, 0.3) is 0 Å². The average Bonchev–Trinajstić information content (AvgIpc) is 3.14. The predicted molar refractivity (Wildman–Crippen MR) is 189 cm³/mol. The summed E-state index contributed by atoms with van der Waals surface area (Å²) in [7, 11) is 2.13. The smallest absolute Gasteiger partial charge is 0.325 e. The monoisotopic (exact) mass is 665 g/mol. The maximum absolute atomic E-state index is 12.2. The standard InChI is InChI=1S/C40H47N3O6/c1-5-47-37(45)24-42-40(46)41-23-30-11-9-14-33(21-30)34-15-10-16-35(22-34)39-48-36(25-43(4)28(3)31-12-7-6-8-13-31)27(2)38(49-39)32-19-17-29(26-44)18-20-32/h6-22,27-28,36,38-39,44H,5,23-26H2,1-4H3,(H2,41,42,46)/t27-,28-,36+,38+,39+/m0/s1. The van der Waals surface area contributed by atoms with Gasteiger partial charge < -0.3 is 30.0 Å². The van der Waals surface area contributed by atoms with Crippen LogP contribution in [-0.4, -0.2) is 54.9 Å². The van der Waals surface area contributed by atoms with Crippen LogP contribution in [0.3, 0.4) is 0 Å². The number of carbonyl (C=O) groups excluding carboxylic acids is 2. The van der Waals surface area contributed by atoms with Crippen LogP contribution in [0.4, 0.5) is 4.79 Å². The van der Waals surface area contributed by atoms with Gasteiger partial charge in [-0.05, 0) is 66.4 Å². The van der Waals surface area contributed by atoms with Gasteiger partial charge in [0.15, 0.2) is 6.29 Å². The molecule has 3 N–H and O–H groups in total. The maximum Gasteiger partial charge on any atom is 0.325 e. The van der Waals surface area contributed by atoms with Crippen molar-refractivity contribution in [3.8, 4) is 11.1 Å². The van der Waals surface area contributed by atoms with Gasteiger partial charge in [0.05, 0.1) is 25.4 Å². The summed E-state index contributed by atoms with van der Waals surface area (Å²) in [6.45, 7) is 7.19. The average molecular weight is 666 g/mol. The number of aliphatic hydroxyl groups is 1. The van der Waals surface area contributed by atoms with Gasteiger partial charge in [-0.1, -0.05) is 97.9 Å². The number of rotatable bonds is 13. The van der Waals surface area contributed by atoms with Crippen molar-refractivity contribution in [1.82, 2.24) is 15.5 Å². The van der Waals surface area contributed by atoms with E-state index in [-0.39, 0.29) is 43.9 Å². The van der Waals surface area contributed by atoms with Gasteiger partial charge in [-0.15, -0.1) is 0 Å². The first-order chi connectivity index (χ1) is 23.7. The summed E-state index contributed by atoms with van der Waals surface area (Å²) < 4.78 is 18.4. The Labute approximate surface area is 289 Å². The number of carbonyl (C=O) groups is 2. The topological polar surface area (TPSA) is 109 Å². The number of amides is 2. The first-order valence-electron chi connectivity index (χ1n) is 16.9. The van der Waals surface area contributed by atoms with Gasteiger partial charge >= 0.3 is 12.0 Å². The molecule has 0 radical (unpaired) electrons. The number of benzene rings is 4. The number of nitrogens with zero attached hydrogens (tertiary/aromatic N) is 1. The molecule has 4 aromatic rings. The predicted octanol–water partition coefficient (Wildman–Crippen LogP) is 6.69. The molecule has 0 unspecified atom stereocenters. The molecular formula is C40H47N3O6. The number of nitrogens with one attached hydrogen (secondary N) is 2. The van der Waals surface area contributed by atoms with E-state index in [1.54, 1.807) is 6.92 Å². The second-order valence-electron chi connectivity index (χ2n) is 12.5. The Hall–Kier alpha value is -4.54. The van der Waals surface area contributed by atoms with Crippen LogP contribution >= 0.6 is 0 Å². The summed E-state index contributed by atoms with van der Waals surface area (Å²) in [6, 6.07) is 34.3. The third-order valence-corrected chi connectivity index (χ3v) is 9.11. The fourth-order valence-corrected chi connectivity index (χ4v) is 6.09. The minimum Gasteiger partial charge on any atom is -0.465 e. The maximum atomic E-state index is 12.2. The fourth-order valence-electron chi connectivity index (χ4n) is 6.09. The van der Waals surface area contributed by atoms with Crippen LogP contribution in [0.15, 0.2) is 103 Å². The molecular weight excluding hydrogens is 618 g/mol. The number of esters is 1. The van der Waals surface area contributed by atoms with E-state index in [2.05, 4.69) is 66.8 Å². The first-order valence-corrected chi connectivity index (χ1v) is 16.9. The minimum absolute atomic E-state index is 0.00930. The minimum atomic E-state index is -0.600. The number of hydrogen-bond acceptors (Lipinski definition) is 7. The lowest BCUT2D eigenvalue weighted by Crippen LogP contribution is -2.44. The third kappa shape index (κ3) is 9.55. The summed E-state index contributed by atoms with van der Waals surface area (Å²) in [5.41, 5.74) is 6.95. The van der Waals surface area contributed by atoms with Crippen molar-refractivity contribution in [2.75, 3.05) is 26.7 Å². The summed E-state index contributed by atoms with van der Waals surface area (Å²) in [6.07, 6.45) is -0.938. The van der Waals surface area contributed by atoms with Gasteiger partial charge in [0, 0.05) is 30.6 Å². The molecule has 0 aromatic heterocycles. The molecule has 9 heteroatoms. The van der Waals surface area contributed by atoms with Gasteiger partial charge in [0.1, 0.15) is 6.54 Å². The van der Waals surface area contributed by atoms with E-state index < -0.39 is 18.3 Å². The van der Waals surface area contributed by atoms with E-state index >= 15 is 0 Å². The van der Waals surface area contributed by atoms with Crippen molar-refractivity contribution in [1.29, 1.82) is 0 Å². The highest BCUT2D eigenvalue weighted by Crippen LogP contribution is 2.42. The molecule has 1 aliphatic heterocycles. The zero-order chi connectivity index (χ0) is 34.8. The SMILES string of the molecule is CCOC(=O)CNC(=O)NCc1cccc(-c2cccc([C@@H]3O[C@H](CN(C)[C@@H](C)c4ccccc4)[C@H](C)[C@H](c4ccc(CO)cc4)O3)c2)c1. The summed E-state index contributed by atoms with van der Waals surface area (Å²) in [5, 5.41) is 14.9. The van der Waals surface area contributed by atoms with E-state index in [1.807, 2.05) is 72.8 Å². The second-order valence-corrected chi connectivity index (χ2v) is 12.5. The van der Waals surface area contributed by atoms with Crippen LogP contribution in [0.5, 0.6) is 0 Å². The Morgan fingerprint density at radius 2 is 1.57 bits per heavy atom. The molecule has 5 rings (SSSR count). The third-order valence-electron chi connectivity index (χ3n) is 9.11. The summed E-state index contributed by atoms with van der Waals surface area (Å²) in [5.74, 6) is -0.422. The van der Waals surface area contributed by atoms with Crippen molar-refractivity contribution in [3.05, 3.63) is 131 Å². The van der Waals surface area contributed by atoms with E-state index in [4.69, 9.17) is 14.2 Å². The van der Waals surface area contributed by atoms with Crippen molar-refractivity contribution in [3.63, 3.8) is 0 Å². The Morgan fingerprint density at radius 3 is 2.29 bits per heavy atom. The molecule has 0 bridgehead atoms. The lowest BCUT2D eigenvalue weighted by Gasteiger charge is -2.43. The Balaban J connectivity index is 1.34. The highest BCUT2D eigenvalue weighted by Gasteiger charge is 2.39. The molecule has 1 heterocycles. The lowest BCUT2D eigenvalue weighted by molar-refractivity contribution is -0.276. The molecule has 1 fully saturated rings. The Kier molecular flexibility index (Phi) is 12.6. The van der Waals surface area contributed by atoms with Crippen molar-refractivity contribution in [2.45, 2.75) is 58.5 Å². The molecule has 49 heavy (non-hydrogen) atoms. The molecule has 0 saturated carbocycles. The van der Waals surface area contributed by atoms with E-state index in [1.165, 1.54) is 5.56 Å². The van der Waals surface area contributed by atoms with Gasteiger partial charge in [-0.3, -0.25) is 9.69 Å². The Morgan fingerprint density at radius 1 is 0.857 bits per heavy atom. The zero-order valence-electron chi connectivity index (χ0n) is 28.7. The molecule has 1 aliphatic rings. The fraction of sp³-hybridized carbons (Fsp3) is 0.350. The second kappa shape index (κ2) is 17.2. The normalized spacial score (nSPS) is 19.6. The van der Waals surface area contributed by atoms with Crippen molar-refractivity contribution < 1.29 is 28.9 Å². The molecule has 0 aliphatic carbocycles. The summed E-state index contributed by atoms with van der Waals surface area (Å²) >= 11 is 0. The van der Waals surface area contributed by atoms with Gasteiger partial charge in [0.2, 0.25) is 0 Å². The summed E-state index contributed by atoms with van der Waals surface area (Å²) in [4.78, 5) is 26.1. The highest BCUT2D eigenvalue weighted by molar-refractivity contribution is 5.80. The zero-order valence-corrected chi connectivity index (χ0v) is 28.7. The lowest BCUT2D eigenvalue weighted by atomic mass is 9.89. The van der Waals surface area contributed by atoms with Crippen LogP contribution in [0.1, 0.15) is 67.0 Å². The number of hydrogen-bond donors (Lipinski definition) is 3. The van der Waals surface area contributed by atoms with Crippen molar-refractivity contribution >= 4 is 12.0 Å². The largest absolute Gasteiger partial charge is 0.465 e. The quantitative estimate of drug-likeness (QED) is 0.137. The van der Waals surface area contributed by atoms with Crippen LogP contribution in [0, 0.1) is 5.92 Å². The van der Waals surface area contributed by atoms with Crippen LogP contribution in [0.2, 0.25) is 0 Å². The highest BCUT2D eigenvalue weighted by atomic mass is 16.7. The Bertz CT molecular complexity index is 1660. The molecule has 1 saturated heterocycles. The van der Waals surface area contributed by atoms with E-state index in [0.29, 0.717) is 13.1 Å². The molecule has 5 atom stereocenters. The number of urea groups is 1. The van der Waals surface area contributed by atoms with Gasteiger partial charge in [-0.25, -0.2) is 4.79 Å². The van der Waals surface area contributed by atoms with Crippen LogP contribution in [0.25, 0.3) is 11.1 Å². The molecule has 2 amide bonds. The van der Waals surface area contributed by atoms with Crippen molar-refractivity contribution in [2.24, 2.45) is 5.92 Å². The van der Waals surface area contributed by atoms with E-state index in [0.717, 1.165) is 33.4 Å². The van der Waals surface area contributed by atoms with E-state index in [9.17, 15) is 14.7 Å². The molecule has 9 nitrogen and oxygen atoms in total. The molecule has 4 aromatic carbocycles. The van der Waals surface area contributed by atoms with Crippen LogP contribution in [-0.2, 0) is 32.2 Å². The number of aliphatic hydroxyl groups excluding tert-OH is 1. The molecule has 0 spiro atoms. The first kappa shape index (κ1) is 35.8. The number of likely N-dealkylation sites (N-methyl/N-ethyl adjacent to an activating group) is 1. The van der Waals surface area contributed by atoms with Gasteiger partial charge in [-0.2, -0.15) is 0 Å². The number of ether oxygens (including phenoxy) is 3.